The average Bonchev–Trinajstić information content (AvgIpc) is 3.09. The predicted octanol–water partition coefficient (Wildman–Crippen LogP) is 6.88. The summed E-state index contributed by atoms with van der Waals surface area (Å²) >= 11 is 14.3. The van der Waals surface area contributed by atoms with Crippen molar-refractivity contribution in [3.63, 3.8) is 0 Å². The predicted molar refractivity (Wildman–Crippen MR) is 134 cm³/mol. The van der Waals surface area contributed by atoms with Crippen LogP contribution in [0.5, 0.6) is 0 Å². The number of benzene rings is 3. The Hall–Kier alpha value is -2.73. The summed E-state index contributed by atoms with van der Waals surface area (Å²) in [5.74, 6) is -0.268. The molecule has 1 unspecified atom stereocenters. The van der Waals surface area contributed by atoms with E-state index < -0.39 is 6.04 Å². The van der Waals surface area contributed by atoms with E-state index in [0.29, 0.717) is 26.6 Å². The van der Waals surface area contributed by atoms with Gasteiger partial charge in [0.15, 0.2) is 5.43 Å². The molecule has 33 heavy (non-hydrogen) atoms. The first-order valence-corrected chi connectivity index (χ1v) is 12.3. The number of thioether (sulfide) groups is 1. The molecule has 1 aromatic heterocycles. The van der Waals surface area contributed by atoms with Gasteiger partial charge in [-0.1, -0.05) is 53.5 Å². The number of hydrogen-bond acceptors (Lipinski definition) is 4. The average molecular weight is 496 g/mol. The van der Waals surface area contributed by atoms with E-state index >= 15 is 0 Å². The number of aryl methyl sites for hydroxylation is 1. The van der Waals surface area contributed by atoms with Gasteiger partial charge in [-0.15, -0.1) is 11.8 Å². The van der Waals surface area contributed by atoms with Gasteiger partial charge in [0.1, 0.15) is 5.58 Å². The Kier molecular flexibility index (Phi) is 5.73. The topological polar surface area (TPSA) is 50.5 Å². The summed E-state index contributed by atoms with van der Waals surface area (Å²) in [5, 5.41) is 1.40. The highest BCUT2D eigenvalue weighted by molar-refractivity contribution is 7.98. The van der Waals surface area contributed by atoms with Crippen LogP contribution < -0.4 is 5.43 Å². The van der Waals surface area contributed by atoms with Gasteiger partial charge in [-0.2, -0.15) is 0 Å². The van der Waals surface area contributed by atoms with Crippen molar-refractivity contribution in [3.05, 3.63) is 109 Å². The standard InChI is InChI=1S/C26H19Cl2NO3S/c1-14-11-21-18(12-20(14)28)24(30)22-23(15-7-9-17(33-2)10-8-15)29(26(31)25(22)32-21)13-16-5-3-4-6-19(16)27/h3-12,23H,13H2,1-2H3. The Balaban J connectivity index is 1.74. The first kappa shape index (κ1) is 22.1. The molecule has 3 aromatic carbocycles. The number of fused-ring (bicyclic) bond motifs is 2. The quantitative estimate of drug-likeness (QED) is 0.289. The van der Waals surface area contributed by atoms with Crippen molar-refractivity contribution >= 4 is 51.8 Å². The van der Waals surface area contributed by atoms with Crippen molar-refractivity contribution in [1.82, 2.24) is 4.90 Å². The zero-order valence-electron chi connectivity index (χ0n) is 17.9. The minimum absolute atomic E-state index is 0.0696. The SMILES string of the molecule is CSc1ccc(C2c3c(oc4cc(C)c(Cl)cc4c3=O)C(=O)N2Cc2ccccc2Cl)cc1. The third kappa shape index (κ3) is 3.74. The van der Waals surface area contributed by atoms with Gasteiger partial charge >= 0.3 is 0 Å². The molecule has 166 valence electrons. The molecule has 0 spiro atoms. The van der Waals surface area contributed by atoms with Crippen LogP contribution in [0.3, 0.4) is 0 Å². The molecule has 7 heteroatoms. The second-order valence-electron chi connectivity index (χ2n) is 7.97. The lowest BCUT2D eigenvalue weighted by Gasteiger charge is -2.25. The first-order chi connectivity index (χ1) is 15.9. The van der Waals surface area contributed by atoms with Crippen molar-refractivity contribution in [2.75, 3.05) is 6.26 Å². The van der Waals surface area contributed by atoms with Gasteiger partial charge in [-0.3, -0.25) is 9.59 Å². The third-order valence-electron chi connectivity index (χ3n) is 5.98. The fourth-order valence-electron chi connectivity index (χ4n) is 4.25. The van der Waals surface area contributed by atoms with Crippen LogP contribution in [0.2, 0.25) is 10.0 Å². The van der Waals surface area contributed by atoms with Gasteiger partial charge < -0.3 is 9.32 Å². The third-order valence-corrected chi connectivity index (χ3v) is 7.50. The molecule has 5 rings (SSSR count). The van der Waals surface area contributed by atoms with Crippen LogP contribution in [-0.2, 0) is 6.54 Å². The van der Waals surface area contributed by atoms with Gasteiger partial charge in [-0.05, 0) is 60.2 Å². The number of halogens is 2. The van der Waals surface area contributed by atoms with Gasteiger partial charge in [0, 0.05) is 21.5 Å². The molecule has 4 nitrogen and oxygen atoms in total. The van der Waals surface area contributed by atoms with E-state index in [1.165, 1.54) is 0 Å². The fraction of sp³-hybridized carbons (Fsp3) is 0.154. The number of carbonyl (C=O) groups is 1. The molecule has 1 amide bonds. The molecule has 0 N–H and O–H groups in total. The van der Waals surface area contributed by atoms with Gasteiger partial charge in [0.2, 0.25) is 5.76 Å². The monoisotopic (exact) mass is 495 g/mol. The van der Waals surface area contributed by atoms with Crippen LogP contribution >= 0.6 is 35.0 Å². The lowest BCUT2D eigenvalue weighted by atomic mass is 9.98. The van der Waals surface area contributed by atoms with Crippen LogP contribution in [0.4, 0.5) is 0 Å². The van der Waals surface area contributed by atoms with Crippen LogP contribution in [0.1, 0.15) is 38.9 Å². The molecule has 1 atom stereocenters. The number of hydrogen-bond donors (Lipinski definition) is 0. The normalized spacial score (nSPS) is 15.3. The molecule has 0 saturated carbocycles. The summed E-state index contributed by atoms with van der Waals surface area (Å²) < 4.78 is 6.04. The highest BCUT2D eigenvalue weighted by Crippen LogP contribution is 2.40. The Bertz CT molecular complexity index is 1460. The van der Waals surface area contributed by atoms with Crippen molar-refractivity contribution < 1.29 is 9.21 Å². The van der Waals surface area contributed by atoms with Crippen molar-refractivity contribution in [3.8, 4) is 0 Å². The van der Waals surface area contributed by atoms with Crippen LogP contribution in [0.25, 0.3) is 11.0 Å². The molecule has 4 aromatic rings. The first-order valence-electron chi connectivity index (χ1n) is 10.3. The lowest BCUT2D eigenvalue weighted by molar-refractivity contribution is 0.0714. The Morgan fingerprint density at radius 2 is 1.73 bits per heavy atom. The Labute approximate surface area is 205 Å². The van der Waals surface area contributed by atoms with Gasteiger partial charge in [0.05, 0.1) is 17.0 Å². The second kappa shape index (κ2) is 8.56. The van der Waals surface area contributed by atoms with E-state index in [0.717, 1.165) is 21.6 Å². The summed E-state index contributed by atoms with van der Waals surface area (Å²) in [6.45, 7) is 2.07. The van der Waals surface area contributed by atoms with E-state index in [1.54, 1.807) is 34.9 Å². The molecule has 0 fully saturated rings. The molecule has 0 aliphatic carbocycles. The summed E-state index contributed by atoms with van der Waals surface area (Å²) in [4.78, 5) is 30.0. The van der Waals surface area contributed by atoms with Crippen molar-refractivity contribution in [1.29, 1.82) is 0 Å². The highest BCUT2D eigenvalue weighted by atomic mass is 35.5. The van der Waals surface area contributed by atoms with E-state index in [4.69, 9.17) is 27.6 Å². The molecule has 2 heterocycles. The summed E-state index contributed by atoms with van der Waals surface area (Å²) in [7, 11) is 0. The van der Waals surface area contributed by atoms with Crippen LogP contribution in [-0.4, -0.2) is 17.1 Å². The smallest absolute Gasteiger partial charge is 0.291 e. The minimum Gasteiger partial charge on any atom is -0.450 e. The molecule has 1 aliphatic heterocycles. The largest absolute Gasteiger partial charge is 0.450 e. The minimum atomic E-state index is -0.597. The van der Waals surface area contributed by atoms with Crippen LogP contribution in [0, 0.1) is 6.92 Å². The molecule has 0 saturated heterocycles. The van der Waals surface area contributed by atoms with Gasteiger partial charge in [-0.25, -0.2) is 0 Å². The molecule has 0 bridgehead atoms. The highest BCUT2D eigenvalue weighted by Gasteiger charge is 2.43. The maximum atomic E-state index is 13.7. The number of rotatable bonds is 4. The summed E-state index contributed by atoms with van der Waals surface area (Å²) in [5.41, 5.74) is 2.83. The fourth-order valence-corrected chi connectivity index (χ4v) is 5.01. The second-order valence-corrected chi connectivity index (χ2v) is 9.67. The zero-order valence-corrected chi connectivity index (χ0v) is 20.2. The Morgan fingerprint density at radius 3 is 2.42 bits per heavy atom. The molecular formula is C26H19Cl2NO3S. The number of carbonyl (C=O) groups excluding carboxylic acids is 1. The summed E-state index contributed by atoms with van der Waals surface area (Å²) in [6, 6.07) is 18.0. The van der Waals surface area contributed by atoms with Crippen molar-refractivity contribution in [2.45, 2.75) is 24.4 Å². The zero-order chi connectivity index (χ0) is 23.3. The number of nitrogens with zero attached hydrogens (tertiary/aromatic N) is 1. The van der Waals surface area contributed by atoms with Gasteiger partial charge in [0.25, 0.3) is 5.91 Å². The molecule has 0 radical (unpaired) electrons. The summed E-state index contributed by atoms with van der Waals surface area (Å²) in [6.07, 6.45) is 2.00. The van der Waals surface area contributed by atoms with E-state index in [2.05, 4.69) is 0 Å². The van der Waals surface area contributed by atoms with Crippen molar-refractivity contribution in [2.24, 2.45) is 0 Å². The van der Waals surface area contributed by atoms with E-state index in [9.17, 15) is 9.59 Å². The number of amides is 1. The molecule has 1 aliphatic rings. The molecular weight excluding hydrogens is 477 g/mol. The van der Waals surface area contributed by atoms with Crippen LogP contribution in [0.15, 0.2) is 74.8 Å². The maximum Gasteiger partial charge on any atom is 0.291 e. The van der Waals surface area contributed by atoms with E-state index in [-0.39, 0.29) is 23.6 Å². The maximum absolute atomic E-state index is 13.7. The van der Waals surface area contributed by atoms with E-state index in [1.807, 2.05) is 55.6 Å². The lowest BCUT2D eigenvalue weighted by Crippen LogP contribution is -2.29. The Morgan fingerprint density at radius 1 is 1.00 bits per heavy atom.